The maximum Gasteiger partial charge on any atom is 0.307 e. The van der Waals surface area contributed by atoms with Crippen LogP contribution in [0.15, 0.2) is 29.1 Å². The Balaban J connectivity index is 1.32. The van der Waals surface area contributed by atoms with E-state index >= 15 is 0 Å². The second-order valence-corrected chi connectivity index (χ2v) is 9.46. The number of esters is 1. The number of nitrogens with zero attached hydrogens (tertiary/aromatic N) is 1. The van der Waals surface area contributed by atoms with Crippen molar-refractivity contribution in [2.24, 2.45) is 17.3 Å². The summed E-state index contributed by atoms with van der Waals surface area (Å²) < 4.78 is 5.66. The average Bonchev–Trinajstić information content (AvgIpc) is 2.58. The summed E-state index contributed by atoms with van der Waals surface area (Å²) in [5.41, 5.74) is -0.347. The molecular formula is C22H26N2O4. The lowest BCUT2D eigenvalue weighted by Gasteiger charge is -2.60. The first kappa shape index (κ1) is 17.9. The predicted molar refractivity (Wildman–Crippen MR) is 104 cm³/mol. The Morgan fingerprint density at radius 1 is 1.29 bits per heavy atom. The van der Waals surface area contributed by atoms with Gasteiger partial charge in [0.15, 0.2) is 11.9 Å². The van der Waals surface area contributed by atoms with Gasteiger partial charge in [0.1, 0.15) is 0 Å². The molecule has 6 rings (SSSR count). The molecule has 0 aliphatic heterocycles. The van der Waals surface area contributed by atoms with Crippen molar-refractivity contribution in [3.63, 3.8) is 0 Å². The topological polar surface area (TPSA) is 92.3 Å². The van der Waals surface area contributed by atoms with Crippen molar-refractivity contribution in [2.45, 2.75) is 63.6 Å². The van der Waals surface area contributed by atoms with Gasteiger partial charge < -0.3 is 14.8 Å². The number of aliphatic hydroxyl groups is 1. The van der Waals surface area contributed by atoms with Gasteiger partial charge in [-0.15, -0.1) is 0 Å². The van der Waals surface area contributed by atoms with Crippen molar-refractivity contribution in [3.8, 4) is 0 Å². The highest BCUT2D eigenvalue weighted by molar-refractivity contribution is 5.77. The zero-order chi connectivity index (χ0) is 19.5. The number of carbonyl (C=O) groups excluding carboxylic acids is 1. The van der Waals surface area contributed by atoms with Crippen molar-refractivity contribution < 1.29 is 14.6 Å². The van der Waals surface area contributed by atoms with Crippen LogP contribution in [0.1, 0.15) is 63.8 Å². The molecule has 0 radical (unpaired) electrons. The molecule has 2 aromatic rings. The summed E-state index contributed by atoms with van der Waals surface area (Å²) in [6.45, 7) is 1.73. The lowest BCUT2D eigenvalue weighted by molar-refractivity contribution is -0.179. The number of carbonyl (C=O) groups is 1. The first-order chi connectivity index (χ1) is 13.3. The van der Waals surface area contributed by atoms with Gasteiger partial charge in [-0.25, -0.2) is 4.98 Å². The van der Waals surface area contributed by atoms with E-state index in [1.165, 1.54) is 6.42 Å². The maximum atomic E-state index is 12.7. The van der Waals surface area contributed by atoms with Crippen LogP contribution in [0.5, 0.6) is 0 Å². The Kier molecular flexibility index (Phi) is 3.92. The van der Waals surface area contributed by atoms with E-state index in [9.17, 15) is 14.7 Å². The molecule has 148 valence electrons. The van der Waals surface area contributed by atoms with Crippen LogP contribution >= 0.6 is 0 Å². The Morgan fingerprint density at radius 3 is 2.71 bits per heavy atom. The smallest absolute Gasteiger partial charge is 0.307 e. The zero-order valence-electron chi connectivity index (χ0n) is 16.1. The van der Waals surface area contributed by atoms with Crippen molar-refractivity contribution >= 4 is 16.9 Å². The number of H-pyrrole nitrogens is 1. The maximum absolute atomic E-state index is 12.7. The number of benzene rings is 1. The zero-order valence-corrected chi connectivity index (χ0v) is 16.1. The van der Waals surface area contributed by atoms with Crippen LogP contribution < -0.4 is 5.56 Å². The van der Waals surface area contributed by atoms with Gasteiger partial charge >= 0.3 is 5.97 Å². The molecule has 4 saturated carbocycles. The molecule has 28 heavy (non-hydrogen) atoms. The van der Waals surface area contributed by atoms with Crippen molar-refractivity contribution in [3.05, 3.63) is 40.4 Å². The second-order valence-electron chi connectivity index (χ2n) is 9.46. The number of nitrogens with one attached hydrogen (secondary N) is 1. The summed E-state index contributed by atoms with van der Waals surface area (Å²) in [7, 11) is 0. The van der Waals surface area contributed by atoms with E-state index in [1.807, 2.05) is 6.07 Å². The summed E-state index contributed by atoms with van der Waals surface area (Å²) in [5, 5.41) is 11.4. The quantitative estimate of drug-likeness (QED) is 0.792. The minimum atomic E-state index is -0.623. The SMILES string of the molecule is C[C@H](OC(=O)CC12C[C@@H]3C[C@@H](CC(O)(C3)C1)C2)c1nc2ccccc2c(=O)[nH]1. The highest BCUT2D eigenvalue weighted by Gasteiger charge is 2.57. The highest BCUT2D eigenvalue weighted by atomic mass is 16.5. The minimum Gasteiger partial charge on any atom is -0.454 e. The number of hydrogen-bond acceptors (Lipinski definition) is 5. The first-order valence-electron chi connectivity index (χ1n) is 10.2. The Morgan fingerprint density at radius 2 is 2.00 bits per heavy atom. The number of aromatic amines is 1. The third kappa shape index (κ3) is 3.04. The molecule has 0 amide bonds. The van der Waals surface area contributed by atoms with Gasteiger partial charge in [0.25, 0.3) is 5.56 Å². The van der Waals surface area contributed by atoms with Gasteiger partial charge in [-0.2, -0.15) is 0 Å². The highest BCUT2D eigenvalue weighted by Crippen LogP contribution is 2.62. The van der Waals surface area contributed by atoms with E-state index in [0.717, 1.165) is 25.7 Å². The molecule has 2 N–H and O–H groups in total. The average molecular weight is 382 g/mol. The third-order valence-corrected chi connectivity index (χ3v) is 7.00. The first-order valence-corrected chi connectivity index (χ1v) is 10.2. The van der Waals surface area contributed by atoms with Crippen LogP contribution in [-0.2, 0) is 9.53 Å². The molecular weight excluding hydrogens is 356 g/mol. The largest absolute Gasteiger partial charge is 0.454 e. The fourth-order valence-electron chi connectivity index (χ4n) is 6.51. The van der Waals surface area contributed by atoms with Gasteiger partial charge in [-0.3, -0.25) is 9.59 Å². The van der Waals surface area contributed by atoms with E-state index in [4.69, 9.17) is 4.74 Å². The molecule has 5 atom stereocenters. The minimum absolute atomic E-state index is 0.125. The summed E-state index contributed by atoms with van der Waals surface area (Å²) in [6.07, 6.45) is 5.42. The van der Waals surface area contributed by atoms with E-state index in [0.29, 0.717) is 41.4 Å². The summed E-state index contributed by atoms with van der Waals surface area (Å²) in [4.78, 5) is 32.2. The molecule has 6 heteroatoms. The standard InChI is InChI=1S/C22H26N2O4/c1-13(19-23-17-5-3-2-4-16(17)20(26)24-19)28-18(25)11-21-7-14-6-15(8-21)10-22(27,9-14)12-21/h2-5,13-15,27H,6-12H2,1H3,(H,23,24,26)/t13-,14-,15+,21?,22?/m0/s1. The number of fused-ring (bicyclic) bond motifs is 1. The number of ether oxygens (including phenoxy) is 1. The second kappa shape index (κ2) is 6.14. The normalized spacial score (nSPS) is 34.5. The number of aromatic nitrogens is 2. The monoisotopic (exact) mass is 382 g/mol. The molecule has 4 aliphatic rings. The Labute approximate surface area is 163 Å². The molecule has 2 unspecified atom stereocenters. The molecule has 4 fully saturated rings. The van der Waals surface area contributed by atoms with Crippen molar-refractivity contribution in [2.75, 3.05) is 0 Å². The van der Waals surface area contributed by atoms with Crippen LogP contribution in [0.25, 0.3) is 10.9 Å². The number of para-hydroxylation sites is 1. The summed E-state index contributed by atoms with van der Waals surface area (Å²) in [5.74, 6) is 1.17. The molecule has 1 heterocycles. The molecule has 4 aliphatic carbocycles. The summed E-state index contributed by atoms with van der Waals surface area (Å²) >= 11 is 0. The van der Waals surface area contributed by atoms with Crippen LogP contribution in [0.4, 0.5) is 0 Å². The van der Waals surface area contributed by atoms with E-state index in [-0.39, 0.29) is 16.9 Å². The van der Waals surface area contributed by atoms with Crippen LogP contribution in [-0.4, -0.2) is 26.6 Å². The van der Waals surface area contributed by atoms with Gasteiger partial charge in [0.2, 0.25) is 0 Å². The Hall–Kier alpha value is -2.21. The van der Waals surface area contributed by atoms with E-state index in [1.54, 1.807) is 25.1 Å². The number of hydrogen-bond donors (Lipinski definition) is 2. The van der Waals surface area contributed by atoms with Crippen LogP contribution in [0, 0.1) is 17.3 Å². The molecule has 1 aromatic heterocycles. The van der Waals surface area contributed by atoms with Gasteiger partial charge in [-0.1, -0.05) is 12.1 Å². The molecule has 4 bridgehead atoms. The molecule has 0 saturated heterocycles. The van der Waals surface area contributed by atoms with Crippen molar-refractivity contribution in [1.29, 1.82) is 0 Å². The fraction of sp³-hybridized carbons (Fsp3) is 0.591. The lowest BCUT2D eigenvalue weighted by atomic mass is 9.47. The number of rotatable bonds is 4. The predicted octanol–water partition coefficient (Wildman–Crippen LogP) is 3.25. The third-order valence-electron chi connectivity index (χ3n) is 7.00. The van der Waals surface area contributed by atoms with E-state index in [2.05, 4.69) is 9.97 Å². The molecule has 0 spiro atoms. The van der Waals surface area contributed by atoms with Crippen molar-refractivity contribution in [1.82, 2.24) is 9.97 Å². The summed E-state index contributed by atoms with van der Waals surface area (Å²) in [6, 6.07) is 7.12. The van der Waals surface area contributed by atoms with Crippen LogP contribution in [0.2, 0.25) is 0 Å². The van der Waals surface area contributed by atoms with Gasteiger partial charge in [0, 0.05) is 0 Å². The fourth-order valence-corrected chi connectivity index (χ4v) is 6.51. The van der Waals surface area contributed by atoms with Gasteiger partial charge in [0.05, 0.1) is 22.9 Å². The van der Waals surface area contributed by atoms with Gasteiger partial charge in [-0.05, 0) is 74.8 Å². The molecule has 1 aromatic carbocycles. The van der Waals surface area contributed by atoms with E-state index < -0.39 is 11.7 Å². The lowest BCUT2D eigenvalue weighted by Crippen LogP contribution is -2.56. The molecule has 6 nitrogen and oxygen atoms in total. The Bertz CT molecular complexity index is 983. The van der Waals surface area contributed by atoms with Crippen LogP contribution in [0.3, 0.4) is 0 Å².